The van der Waals surface area contributed by atoms with E-state index in [-0.39, 0.29) is 55.1 Å². The van der Waals surface area contributed by atoms with Crippen molar-refractivity contribution >= 4 is 12.0 Å². The van der Waals surface area contributed by atoms with Crippen LogP contribution in [0, 0.1) is 16.7 Å². The van der Waals surface area contributed by atoms with Gasteiger partial charge in [-0.1, -0.05) is 20.8 Å². The van der Waals surface area contributed by atoms with Crippen LogP contribution in [0.5, 0.6) is 0 Å². The number of nitrogens with one attached hydrogen (secondary N) is 1. The lowest BCUT2D eigenvalue weighted by Gasteiger charge is -2.37. The van der Waals surface area contributed by atoms with Gasteiger partial charge in [0.2, 0.25) is 5.91 Å². The van der Waals surface area contributed by atoms with E-state index in [0.29, 0.717) is 56.8 Å². The molecular weight excluding hydrogens is 541 g/mol. The molecule has 1 saturated carbocycles. The van der Waals surface area contributed by atoms with E-state index in [2.05, 4.69) is 10.3 Å². The number of ether oxygens (including phenoxy) is 3. The van der Waals surface area contributed by atoms with Gasteiger partial charge in [0.25, 0.3) is 0 Å². The van der Waals surface area contributed by atoms with E-state index in [9.17, 15) is 22.8 Å². The summed E-state index contributed by atoms with van der Waals surface area (Å²) in [6.45, 7) is 8.41. The van der Waals surface area contributed by atoms with Crippen LogP contribution >= 0.6 is 0 Å². The second-order valence-electron chi connectivity index (χ2n) is 13.2. The molecule has 0 spiro atoms. The topological polar surface area (TPSA) is 93.2 Å². The molecule has 5 rings (SSSR count). The Morgan fingerprint density at radius 2 is 2.02 bits per heavy atom. The van der Waals surface area contributed by atoms with Crippen LogP contribution in [0.4, 0.5) is 18.0 Å². The van der Waals surface area contributed by atoms with E-state index >= 15 is 0 Å². The Hall–Kier alpha value is -2.44. The zero-order valence-electron chi connectivity index (χ0n) is 24.3. The summed E-state index contributed by atoms with van der Waals surface area (Å²) in [6.07, 6.45) is -1.76. The number of methoxy groups -OCH3 is 1. The molecule has 0 aromatic carbocycles. The molecule has 12 heteroatoms. The first-order valence-corrected chi connectivity index (χ1v) is 14.4. The van der Waals surface area contributed by atoms with Gasteiger partial charge in [-0.25, -0.2) is 4.79 Å². The standard InChI is InChI=1S/C29H41F3N4O5/c1-27(2,3)17-41-26(38)36-14-20-10-21(34-23-6-8-40-15-24(23)39-4)11-28(20,16-36)25(37)35-7-5-22-18(13-35)9-19(12-33-22)29(30,31)32/h9,12,20-21,23-24,34H,5-8,10-11,13-17H2,1-4H3/t20-,21+,23-,24+,28-/m0/s1. The summed E-state index contributed by atoms with van der Waals surface area (Å²) in [5, 5.41) is 3.71. The van der Waals surface area contributed by atoms with E-state index in [1.165, 1.54) is 0 Å². The van der Waals surface area contributed by atoms with E-state index in [1.807, 2.05) is 20.8 Å². The van der Waals surface area contributed by atoms with Crippen LogP contribution in [-0.2, 0) is 38.1 Å². The molecule has 9 nitrogen and oxygen atoms in total. The van der Waals surface area contributed by atoms with Gasteiger partial charge in [-0.15, -0.1) is 0 Å². The van der Waals surface area contributed by atoms with Crippen LogP contribution in [0.1, 0.15) is 56.9 Å². The Morgan fingerprint density at radius 3 is 2.73 bits per heavy atom. The van der Waals surface area contributed by atoms with Gasteiger partial charge in [-0.2, -0.15) is 13.2 Å². The number of nitrogens with zero attached hydrogens (tertiary/aromatic N) is 3. The number of rotatable bonds is 5. The first-order valence-electron chi connectivity index (χ1n) is 14.4. The number of halogens is 3. The van der Waals surface area contributed by atoms with Crippen LogP contribution < -0.4 is 5.32 Å². The highest BCUT2D eigenvalue weighted by Crippen LogP contribution is 2.51. The molecule has 1 N–H and O–H groups in total. The number of hydrogen-bond donors (Lipinski definition) is 1. The summed E-state index contributed by atoms with van der Waals surface area (Å²) in [5.74, 6) is -0.215. The molecule has 2 saturated heterocycles. The lowest BCUT2D eigenvalue weighted by Crippen LogP contribution is -2.52. The van der Waals surface area contributed by atoms with Crippen molar-refractivity contribution in [2.24, 2.45) is 16.7 Å². The molecule has 3 fully saturated rings. The first kappa shape index (κ1) is 30.0. The maximum atomic E-state index is 14.4. The zero-order valence-corrected chi connectivity index (χ0v) is 24.3. The zero-order chi connectivity index (χ0) is 29.6. The summed E-state index contributed by atoms with van der Waals surface area (Å²) in [6, 6.07) is 1.23. The van der Waals surface area contributed by atoms with E-state index in [0.717, 1.165) is 18.7 Å². The highest BCUT2D eigenvalue weighted by atomic mass is 19.4. The molecule has 4 aliphatic rings. The number of pyridine rings is 1. The number of carbonyl (C=O) groups is 2. The average Bonchev–Trinajstić information content (AvgIpc) is 3.45. The molecule has 41 heavy (non-hydrogen) atoms. The minimum atomic E-state index is -4.51. The Kier molecular flexibility index (Phi) is 8.30. The molecule has 0 bridgehead atoms. The van der Waals surface area contributed by atoms with E-state index in [4.69, 9.17) is 14.2 Å². The van der Waals surface area contributed by atoms with Crippen molar-refractivity contribution in [2.45, 2.75) is 77.4 Å². The number of carbonyl (C=O) groups excluding carboxylic acids is 2. The largest absolute Gasteiger partial charge is 0.449 e. The molecule has 228 valence electrons. The van der Waals surface area contributed by atoms with Crippen molar-refractivity contribution in [3.63, 3.8) is 0 Å². The van der Waals surface area contributed by atoms with E-state index < -0.39 is 23.2 Å². The van der Waals surface area contributed by atoms with Gasteiger partial charge in [-0.3, -0.25) is 9.78 Å². The van der Waals surface area contributed by atoms with Crippen molar-refractivity contribution < 1.29 is 37.0 Å². The number of alkyl halides is 3. The third-order valence-corrected chi connectivity index (χ3v) is 8.90. The van der Waals surface area contributed by atoms with Gasteiger partial charge in [0, 0.05) is 70.3 Å². The molecule has 0 unspecified atom stereocenters. The first-order chi connectivity index (χ1) is 19.3. The fourth-order valence-electron chi connectivity index (χ4n) is 6.84. The third kappa shape index (κ3) is 6.34. The lowest BCUT2D eigenvalue weighted by atomic mass is 9.78. The van der Waals surface area contributed by atoms with Crippen LogP contribution in [0.2, 0.25) is 0 Å². The molecule has 1 aromatic heterocycles. The Balaban J connectivity index is 1.36. The lowest BCUT2D eigenvalue weighted by molar-refractivity contribution is -0.144. The van der Waals surface area contributed by atoms with Crippen molar-refractivity contribution in [1.29, 1.82) is 0 Å². The number of likely N-dealkylation sites (tertiary alicyclic amines) is 1. The molecular formula is C29H41F3N4O5. The Labute approximate surface area is 239 Å². The summed E-state index contributed by atoms with van der Waals surface area (Å²) in [5.41, 5.74) is -0.848. The summed E-state index contributed by atoms with van der Waals surface area (Å²) in [4.78, 5) is 34.8. The molecule has 5 atom stereocenters. The van der Waals surface area contributed by atoms with Gasteiger partial charge >= 0.3 is 12.3 Å². The van der Waals surface area contributed by atoms with Crippen molar-refractivity contribution in [1.82, 2.24) is 20.1 Å². The van der Waals surface area contributed by atoms with Crippen LogP contribution in [-0.4, -0.2) is 91.5 Å². The fraction of sp³-hybridized carbons (Fsp3) is 0.759. The third-order valence-electron chi connectivity index (χ3n) is 8.90. The number of hydrogen-bond acceptors (Lipinski definition) is 7. The van der Waals surface area contributed by atoms with Crippen molar-refractivity contribution in [3.05, 3.63) is 29.1 Å². The monoisotopic (exact) mass is 582 g/mol. The molecule has 1 aliphatic carbocycles. The van der Waals surface area contributed by atoms with Crippen LogP contribution in [0.25, 0.3) is 0 Å². The summed E-state index contributed by atoms with van der Waals surface area (Å²) in [7, 11) is 1.66. The smallest absolute Gasteiger partial charge is 0.417 e. The minimum absolute atomic E-state index is 0.0352. The van der Waals surface area contributed by atoms with Gasteiger partial charge in [0.05, 0.1) is 30.3 Å². The quantitative estimate of drug-likeness (QED) is 0.567. The van der Waals surface area contributed by atoms with Gasteiger partial charge in [0.15, 0.2) is 0 Å². The number of fused-ring (bicyclic) bond motifs is 2. The second kappa shape index (κ2) is 11.3. The SMILES string of the molecule is CO[C@@H]1COCC[C@@H]1N[C@@H]1C[C@H]2CN(C(=O)OCC(C)(C)C)C[C@@]2(C(=O)N2CCc3ncc(C(F)(F)F)cc3C2)C1. The maximum Gasteiger partial charge on any atom is 0.417 e. The fourth-order valence-corrected chi connectivity index (χ4v) is 6.84. The summed E-state index contributed by atoms with van der Waals surface area (Å²) < 4.78 is 56.9. The normalized spacial score (nSPS) is 30.2. The Morgan fingerprint density at radius 1 is 1.24 bits per heavy atom. The van der Waals surface area contributed by atoms with Crippen LogP contribution in [0.15, 0.2) is 12.3 Å². The molecule has 3 aliphatic heterocycles. The highest BCUT2D eigenvalue weighted by Gasteiger charge is 2.60. The van der Waals surface area contributed by atoms with Crippen molar-refractivity contribution in [2.75, 3.05) is 46.6 Å². The maximum absolute atomic E-state index is 14.4. The molecule has 2 amide bonds. The molecule has 0 radical (unpaired) electrons. The van der Waals surface area contributed by atoms with Crippen molar-refractivity contribution in [3.8, 4) is 0 Å². The molecule has 1 aromatic rings. The second-order valence-corrected chi connectivity index (χ2v) is 13.2. The molecule has 4 heterocycles. The predicted molar refractivity (Wildman–Crippen MR) is 143 cm³/mol. The number of amides is 2. The van der Waals surface area contributed by atoms with Gasteiger partial charge < -0.3 is 29.3 Å². The van der Waals surface area contributed by atoms with Crippen LogP contribution in [0.3, 0.4) is 0 Å². The highest BCUT2D eigenvalue weighted by molar-refractivity contribution is 5.86. The summed E-state index contributed by atoms with van der Waals surface area (Å²) >= 11 is 0. The number of aromatic nitrogens is 1. The average molecular weight is 583 g/mol. The predicted octanol–water partition coefficient (Wildman–Crippen LogP) is 3.64. The minimum Gasteiger partial charge on any atom is -0.449 e. The Bertz CT molecular complexity index is 1140. The van der Waals surface area contributed by atoms with E-state index in [1.54, 1.807) is 16.9 Å². The van der Waals surface area contributed by atoms with Gasteiger partial charge in [-0.05, 0) is 42.2 Å². The van der Waals surface area contributed by atoms with Gasteiger partial charge in [0.1, 0.15) is 0 Å².